The van der Waals surface area contributed by atoms with Gasteiger partial charge in [0.05, 0.1) is 11.7 Å². The molecular formula is C9H8BrFN2. The molecule has 0 radical (unpaired) electrons. The zero-order valence-corrected chi connectivity index (χ0v) is 8.62. The largest absolute Gasteiger partial charge is 0.251 e. The molecule has 0 saturated carbocycles. The molecule has 0 aliphatic heterocycles. The Hall–Kier alpha value is -0.900. The second-order valence-electron chi connectivity index (χ2n) is 2.87. The van der Waals surface area contributed by atoms with E-state index in [2.05, 4.69) is 21.0 Å². The summed E-state index contributed by atoms with van der Waals surface area (Å²) in [7, 11) is 0. The maximum atomic E-state index is 12.8. The van der Waals surface area contributed by atoms with Crippen molar-refractivity contribution in [2.45, 2.75) is 11.9 Å². The minimum atomic E-state index is -0.228. The Balaban J connectivity index is 2.69. The Morgan fingerprint density at radius 3 is 3.00 bits per heavy atom. The van der Waals surface area contributed by atoms with Crippen LogP contribution in [0.5, 0.6) is 0 Å². The monoisotopic (exact) mass is 242 g/mol. The maximum absolute atomic E-state index is 12.8. The summed E-state index contributed by atoms with van der Waals surface area (Å²) in [5.74, 6) is -0.228. The fourth-order valence-electron chi connectivity index (χ4n) is 1.31. The molecule has 0 N–H and O–H groups in total. The predicted molar refractivity (Wildman–Crippen MR) is 53.3 cm³/mol. The highest BCUT2D eigenvalue weighted by Gasteiger charge is 2.06. The van der Waals surface area contributed by atoms with Gasteiger partial charge in [0.2, 0.25) is 0 Å². The molecule has 13 heavy (non-hydrogen) atoms. The lowest BCUT2D eigenvalue weighted by Gasteiger charge is -2.04. The third-order valence-electron chi connectivity index (χ3n) is 1.89. The minimum absolute atomic E-state index is 0.121. The second-order valence-corrected chi connectivity index (χ2v) is 4.19. The lowest BCUT2D eigenvalue weighted by molar-refractivity contribution is 0.629. The molecular weight excluding hydrogens is 235 g/mol. The van der Waals surface area contributed by atoms with Crippen LogP contribution in [0.3, 0.4) is 0 Å². The lowest BCUT2D eigenvalue weighted by Crippen LogP contribution is -1.98. The topological polar surface area (TPSA) is 17.8 Å². The van der Waals surface area contributed by atoms with Crippen LogP contribution in [0.2, 0.25) is 0 Å². The number of alkyl halides is 1. The van der Waals surface area contributed by atoms with Crippen molar-refractivity contribution in [2.75, 3.05) is 0 Å². The molecule has 0 aliphatic rings. The number of benzene rings is 1. The Morgan fingerprint density at radius 1 is 1.54 bits per heavy atom. The van der Waals surface area contributed by atoms with Crippen LogP contribution in [0.15, 0.2) is 24.4 Å². The zero-order valence-electron chi connectivity index (χ0n) is 7.04. The Morgan fingerprint density at radius 2 is 2.31 bits per heavy atom. The summed E-state index contributed by atoms with van der Waals surface area (Å²) >= 11 is 3.41. The number of hydrogen-bond donors (Lipinski definition) is 0. The van der Waals surface area contributed by atoms with Gasteiger partial charge in [-0.2, -0.15) is 5.10 Å². The molecule has 2 rings (SSSR count). The van der Waals surface area contributed by atoms with E-state index in [0.29, 0.717) is 0 Å². The molecule has 1 aromatic carbocycles. The van der Waals surface area contributed by atoms with Crippen LogP contribution in [-0.4, -0.2) is 9.78 Å². The SMILES string of the molecule is CC(Br)n1ncc2cc(F)ccc21. The number of hydrogen-bond acceptors (Lipinski definition) is 1. The van der Waals surface area contributed by atoms with Crippen LogP contribution in [0.25, 0.3) is 10.9 Å². The molecule has 1 aromatic heterocycles. The van der Waals surface area contributed by atoms with Gasteiger partial charge < -0.3 is 0 Å². The predicted octanol–water partition coefficient (Wildman–Crippen LogP) is 3.09. The van der Waals surface area contributed by atoms with E-state index in [1.54, 1.807) is 16.9 Å². The van der Waals surface area contributed by atoms with Crippen molar-refractivity contribution >= 4 is 26.8 Å². The van der Waals surface area contributed by atoms with Crippen molar-refractivity contribution in [3.05, 3.63) is 30.2 Å². The van der Waals surface area contributed by atoms with E-state index in [-0.39, 0.29) is 10.8 Å². The molecule has 0 spiro atoms. The van der Waals surface area contributed by atoms with E-state index < -0.39 is 0 Å². The van der Waals surface area contributed by atoms with Crippen molar-refractivity contribution in [3.8, 4) is 0 Å². The molecule has 0 fully saturated rings. The fraction of sp³-hybridized carbons (Fsp3) is 0.222. The average molecular weight is 243 g/mol. The zero-order chi connectivity index (χ0) is 9.42. The molecule has 4 heteroatoms. The molecule has 0 bridgehead atoms. The van der Waals surface area contributed by atoms with Gasteiger partial charge in [-0.05, 0) is 25.1 Å². The first-order chi connectivity index (χ1) is 6.18. The number of aromatic nitrogens is 2. The van der Waals surface area contributed by atoms with Gasteiger partial charge in [0.1, 0.15) is 10.8 Å². The van der Waals surface area contributed by atoms with E-state index in [9.17, 15) is 4.39 Å². The summed E-state index contributed by atoms with van der Waals surface area (Å²) in [6.07, 6.45) is 1.66. The van der Waals surface area contributed by atoms with Crippen molar-refractivity contribution in [2.24, 2.45) is 0 Å². The first-order valence-electron chi connectivity index (χ1n) is 3.95. The Kier molecular flexibility index (Phi) is 2.07. The standard InChI is InChI=1S/C9H8BrFN2/c1-6(10)13-9-3-2-8(11)4-7(9)5-12-13/h2-6H,1H3. The van der Waals surface area contributed by atoms with Gasteiger partial charge in [-0.3, -0.25) is 4.68 Å². The minimum Gasteiger partial charge on any atom is -0.251 e. The molecule has 1 heterocycles. The van der Waals surface area contributed by atoms with Crippen LogP contribution < -0.4 is 0 Å². The normalized spacial score (nSPS) is 13.5. The third-order valence-corrected chi connectivity index (χ3v) is 2.28. The van der Waals surface area contributed by atoms with E-state index >= 15 is 0 Å². The quantitative estimate of drug-likeness (QED) is 0.703. The molecule has 2 aromatic rings. The number of fused-ring (bicyclic) bond motifs is 1. The smallest absolute Gasteiger partial charge is 0.124 e. The van der Waals surface area contributed by atoms with Crippen LogP contribution in [0.4, 0.5) is 4.39 Å². The van der Waals surface area contributed by atoms with Crippen molar-refractivity contribution in [1.82, 2.24) is 9.78 Å². The van der Waals surface area contributed by atoms with E-state index in [1.165, 1.54) is 12.1 Å². The highest BCUT2D eigenvalue weighted by atomic mass is 79.9. The molecule has 0 aliphatic carbocycles. The maximum Gasteiger partial charge on any atom is 0.124 e. The fourth-order valence-corrected chi connectivity index (χ4v) is 1.63. The molecule has 68 valence electrons. The van der Waals surface area contributed by atoms with Gasteiger partial charge in [-0.1, -0.05) is 15.9 Å². The van der Waals surface area contributed by atoms with Gasteiger partial charge in [-0.15, -0.1) is 0 Å². The Bertz CT molecular complexity index is 436. The first kappa shape index (κ1) is 8.69. The van der Waals surface area contributed by atoms with Crippen molar-refractivity contribution in [1.29, 1.82) is 0 Å². The van der Waals surface area contributed by atoms with Crippen LogP contribution in [0.1, 0.15) is 11.9 Å². The summed E-state index contributed by atoms with van der Waals surface area (Å²) in [5, 5.41) is 4.96. The summed E-state index contributed by atoms with van der Waals surface area (Å²) in [6.45, 7) is 1.97. The van der Waals surface area contributed by atoms with Gasteiger partial charge in [-0.25, -0.2) is 4.39 Å². The first-order valence-corrected chi connectivity index (χ1v) is 4.87. The molecule has 1 atom stereocenters. The molecule has 2 nitrogen and oxygen atoms in total. The van der Waals surface area contributed by atoms with E-state index in [0.717, 1.165) is 10.9 Å². The molecule has 0 saturated heterocycles. The van der Waals surface area contributed by atoms with Crippen LogP contribution in [0, 0.1) is 5.82 Å². The number of halogens is 2. The van der Waals surface area contributed by atoms with E-state index in [4.69, 9.17) is 0 Å². The van der Waals surface area contributed by atoms with Crippen LogP contribution in [-0.2, 0) is 0 Å². The van der Waals surface area contributed by atoms with Gasteiger partial charge in [0, 0.05) is 5.39 Å². The third kappa shape index (κ3) is 1.46. The Labute approximate surface area is 83.5 Å². The number of nitrogens with zero attached hydrogens (tertiary/aromatic N) is 2. The lowest BCUT2D eigenvalue weighted by atomic mass is 10.2. The number of rotatable bonds is 1. The highest BCUT2D eigenvalue weighted by Crippen LogP contribution is 2.21. The summed E-state index contributed by atoms with van der Waals surface area (Å²) in [4.78, 5) is 0.121. The second kappa shape index (κ2) is 3.10. The molecule has 1 unspecified atom stereocenters. The van der Waals surface area contributed by atoms with Gasteiger partial charge >= 0.3 is 0 Å². The summed E-state index contributed by atoms with van der Waals surface area (Å²) < 4.78 is 14.6. The highest BCUT2D eigenvalue weighted by molar-refractivity contribution is 9.09. The molecule has 0 amide bonds. The average Bonchev–Trinajstić information content (AvgIpc) is 2.46. The van der Waals surface area contributed by atoms with Crippen molar-refractivity contribution < 1.29 is 4.39 Å². The van der Waals surface area contributed by atoms with E-state index in [1.807, 2.05) is 6.92 Å². The van der Waals surface area contributed by atoms with Crippen LogP contribution >= 0.6 is 15.9 Å². The summed E-state index contributed by atoms with van der Waals surface area (Å²) in [5.41, 5.74) is 0.936. The summed E-state index contributed by atoms with van der Waals surface area (Å²) in [6, 6.07) is 4.65. The van der Waals surface area contributed by atoms with Gasteiger partial charge in [0.15, 0.2) is 0 Å². The van der Waals surface area contributed by atoms with Crippen molar-refractivity contribution in [3.63, 3.8) is 0 Å². The van der Waals surface area contributed by atoms with Gasteiger partial charge in [0.25, 0.3) is 0 Å².